The summed E-state index contributed by atoms with van der Waals surface area (Å²) >= 11 is 0. The summed E-state index contributed by atoms with van der Waals surface area (Å²) in [6.07, 6.45) is 0. The van der Waals surface area contributed by atoms with Crippen molar-refractivity contribution in [1.82, 2.24) is 0 Å². The fourth-order valence-electron chi connectivity index (χ4n) is 3.99. The topological polar surface area (TPSA) is 121 Å². The van der Waals surface area contributed by atoms with Crippen LogP contribution in [0.1, 0.15) is 38.2 Å². The number of hydrogen-bond donors (Lipinski definition) is 3. The van der Waals surface area contributed by atoms with Gasteiger partial charge in [0.15, 0.2) is 0 Å². The third-order valence-corrected chi connectivity index (χ3v) is 9.60. The van der Waals surface area contributed by atoms with Gasteiger partial charge in [0.2, 0.25) is 0 Å². The summed E-state index contributed by atoms with van der Waals surface area (Å²) in [5.74, 6) is -0.536. The van der Waals surface area contributed by atoms with Crippen molar-refractivity contribution in [1.29, 1.82) is 0 Å². The SMILES string of the molecule is Cc1ccc(NS(=O)(=O)c2ccc(NC(=O)c3ccc(C)c(S(=O)(=O)Nc4ccc(C)c(C)c4)c3)cc2)cc1C. The fourth-order valence-corrected chi connectivity index (χ4v) is 6.36. The zero-order chi connectivity index (χ0) is 29.2. The van der Waals surface area contributed by atoms with Gasteiger partial charge in [0.1, 0.15) is 0 Å². The highest BCUT2D eigenvalue weighted by atomic mass is 32.2. The molecule has 8 nitrogen and oxygen atoms in total. The first-order valence-electron chi connectivity index (χ1n) is 12.5. The first-order chi connectivity index (χ1) is 18.7. The van der Waals surface area contributed by atoms with E-state index in [1.807, 2.05) is 39.8 Å². The number of rotatable bonds is 8. The van der Waals surface area contributed by atoms with Crippen molar-refractivity contribution in [3.63, 3.8) is 0 Å². The maximum atomic E-state index is 13.1. The van der Waals surface area contributed by atoms with Gasteiger partial charge in [-0.05, 0) is 123 Å². The second-order valence-electron chi connectivity index (χ2n) is 9.77. The van der Waals surface area contributed by atoms with E-state index < -0.39 is 26.0 Å². The number of aryl methyl sites for hydroxylation is 5. The van der Waals surface area contributed by atoms with Crippen molar-refractivity contribution in [3.05, 3.63) is 112 Å². The Morgan fingerprint density at radius 3 is 1.52 bits per heavy atom. The third-order valence-electron chi connectivity index (χ3n) is 6.68. The van der Waals surface area contributed by atoms with E-state index >= 15 is 0 Å². The van der Waals surface area contributed by atoms with Crippen LogP contribution in [0, 0.1) is 34.6 Å². The Balaban J connectivity index is 1.50. The predicted molar refractivity (Wildman–Crippen MR) is 159 cm³/mol. The van der Waals surface area contributed by atoms with E-state index in [0.29, 0.717) is 22.6 Å². The summed E-state index contributed by atoms with van der Waals surface area (Å²) in [4.78, 5) is 13.0. The molecule has 3 N–H and O–H groups in total. The Hall–Kier alpha value is -4.15. The van der Waals surface area contributed by atoms with Gasteiger partial charge in [-0.15, -0.1) is 0 Å². The van der Waals surface area contributed by atoms with Crippen molar-refractivity contribution in [3.8, 4) is 0 Å². The van der Waals surface area contributed by atoms with Crippen molar-refractivity contribution >= 4 is 43.0 Å². The van der Waals surface area contributed by atoms with Crippen LogP contribution >= 0.6 is 0 Å². The van der Waals surface area contributed by atoms with Gasteiger partial charge >= 0.3 is 0 Å². The summed E-state index contributed by atoms with van der Waals surface area (Å²) in [5, 5.41) is 2.69. The second kappa shape index (κ2) is 11.1. The normalized spacial score (nSPS) is 11.6. The lowest BCUT2D eigenvalue weighted by Gasteiger charge is -2.13. The molecule has 4 rings (SSSR count). The smallest absolute Gasteiger partial charge is 0.262 e. The molecular formula is C30H31N3O5S2. The van der Waals surface area contributed by atoms with Crippen LogP contribution in [0.5, 0.6) is 0 Å². The standard InChI is InChI=1S/C30H31N3O5S2/c1-19-7-10-26(16-22(19)4)32-39(35,36)28-14-12-25(13-15-28)31-30(34)24-9-6-21(3)29(18-24)40(37,38)33-27-11-8-20(2)23(5)17-27/h6-18,32-33H,1-5H3,(H,31,34). The van der Waals surface area contributed by atoms with Crippen LogP contribution in [-0.4, -0.2) is 22.7 Å². The van der Waals surface area contributed by atoms with Crippen molar-refractivity contribution in [2.75, 3.05) is 14.8 Å². The molecule has 0 aliphatic carbocycles. The maximum absolute atomic E-state index is 13.1. The number of hydrogen-bond acceptors (Lipinski definition) is 5. The summed E-state index contributed by atoms with van der Waals surface area (Å²) in [7, 11) is -7.79. The molecular weight excluding hydrogens is 546 g/mol. The lowest BCUT2D eigenvalue weighted by atomic mass is 10.1. The Bertz CT molecular complexity index is 1820. The number of nitrogens with one attached hydrogen (secondary N) is 3. The van der Waals surface area contributed by atoms with E-state index in [-0.39, 0.29) is 15.4 Å². The van der Waals surface area contributed by atoms with Crippen LogP contribution < -0.4 is 14.8 Å². The van der Waals surface area contributed by atoms with Gasteiger partial charge in [0.05, 0.1) is 9.79 Å². The Morgan fingerprint density at radius 2 is 1.00 bits per heavy atom. The van der Waals surface area contributed by atoms with Gasteiger partial charge in [0.25, 0.3) is 26.0 Å². The number of carbonyl (C=O) groups is 1. The molecule has 0 fully saturated rings. The molecule has 0 aliphatic rings. The van der Waals surface area contributed by atoms with Crippen LogP contribution in [0.15, 0.2) is 88.7 Å². The molecule has 4 aromatic rings. The number of carbonyl (C=O) groups excluding carboxylic acids is 1. The van der Waals surface area contributed by atoms with Gasteiger partial charge in [-0.25, -0.2) is 16.8 Å². The van der Waals surface area contributed by atoms with Gasteiger partial charge in [-0.2, -0.15) is 0 Å². The van der Waals surface area contributed by atoms with E-state index in [1.165, 1.54) is 36.4 Å². The Morgan fingerprint density at radius 1 is 0.525 bits per heavy atom. The summed E-state index contributed by atoms with van der Waals surface area (Å²) in [6.45, 7) is 9.34. The minimum atomic E-state index is -3.96. The number of sulfonamides is 2. The number of amides is 1. The molecule has 208 valence electrons. The molecule has 0 radical (unpaired) electrons. The van der Waals surface area contributed by atoms with Crippen LogP contribution in [0.4, 0.5) is 17.1 Å². The van der Waals surface area contributed by atoms with Crippen molar-refractivity contribution < 1.29 is 21.6 Å². The lowest BCUT2D eigenvalue weighted by molar-refractivity contribution is 0.102. The molecule has 0 aliphatic heterocycles. The molecule has 1 amide bonds. The summed E-state index contributed by atoms with van der Waals surface area (Å²) < 4.78 is 57.1. The third kappa shape index (κ3) is 6.52. The fraction of sp³-hybridized carbons (Fsp3) is 0.167. The predicted octanol–water partition coefficient (Wildman–Crippen LogP) is 6.08. The molecule has 0 spiro atoms. The first kappa shape index (κ1) is 28.8. The first-order valence-corrected chi connectivity index (χ1v) is 15.4. The van der Waals surface area contributed by atoms with E-state index in [1.54, 1.807) is 37.3 Å². The maximum Gasteiger partial charge on any atom is 0.262 e. The van der Waals surface area contributed by atoms with Crippen LogP contribution in [0.2, 0.25) is 0 Å². The molecule has 4 aromatic carbocycles. The van der Waals surface area contributed by atoms with E-state index in [2.05, 4.69) is 14.8 Å². The lowest BCUT2D eigenvalue weighted by Crippen LogP contribution is -2.17. The van der Waals surface area contributed by atoms with Crippen LogP contribution in [-0.2, 0) is 20.0 Å². The van der Waals surface area contributed by atoms with E-state index in [4.69, 9.17) is 0 Å². The highest BCUT2D eigenvalue weighted by Crippen LogP contribution is 2.24. The van der Waals surface area contributed by atoms with Crippen molar-refractivity contribution in [2.24, 2.45) is 0 Å². The molecule has 0 unspecified atom stereocenters. The number of anilines is 3. The average Bonchev–Trinajstić information content (AvgIpc) is 2.88. The van der Waals surface area contributed by atoms with Gasteiger partial charge in [-0.3, -0.25) is 14.2 Å². The zero-order valence-electron chi connectivity index (χ0n) is 22.9. The van der Waals surface area contributed by atoms with Gasteiger partial charge in [0, 0.05) is 22.6 Å². The number of benzene rings is 4. The zero-order valence-corrected chi connectivity index (χ0v) is 24.5. The highest BCUT2D eigenvalue weighted by molar-refractivity contribution is 7.93. The van der Waals surface area contributed by atoms with Crippen molar-refractivity contribution in [2.45, 2.75) is 44.4 Å². The average molecular weight is 578 g/mol. The monoisotopic (exact) mass is 577 g/mol. The molecule has 40 heavy (non-hydrogen) atoms. The molecule has 0 bridgehead atoms. The highest BCUT2D eigenvalue weighted by Gasteiger charge is 2.20. The minimum Gasteiger partial charge on any atom is -0.322 e. The Kier molecular flexibility index (Phi) is 8.04. The molecule has 10 heteroatoms. The Labute approximate surface area is 235 Å². The molecule has 0 atom stereocenters. The summed E-state index contributed by atoms with van der Waals surface area (Å²) in [6, 6.07) is 20.7. The van der Waals surface area contributed by atoms with Gasteiger partial charge in [-0.1, -0.05) is 18.2 Å². The molecule has 0 saturated heterocycles. The van der Waals surface area contributed by atoms with E-state index in [9.17, 15) is 21.6 Å². The van der Waals surface area contributed by atoms with Gasteiger partial charge < -0.3 is 5.32 Å². The van der Waals surface area contributed by atoms with Crippen LogP contribution in [0.25, 0.3) is 0 Å². The molecule has 0 heterocycles. The molecule has 0 saturated carbocycles. The minimum absolute atomic E-state index is 0.0164. The van der Waals surface area contributed by atoms with E-state index in [0.717, 1.165) is 22.3 Å². The van der Waals surface area contributed by atoms with Crippen LogP contribution in [0.3, 0.4) is 0 Å². The summed E-state index contributed by atoms with van der Waals surface area (Å²) in [5.41, 5.74) is 5.87. The molecule has 0 aromatic heterocycles. The largest absolute Gasteiger partial charge is 0.322 e. The second-order valence-corrected chi connectivity index (χ2v) is 13.1. The quantitative estimate of drug-likeness (QED) is 0.234.